The molecule has 0 fully saturated rings. The van der Waals surface area contributed by atoms with E-state index in [0.717, 1.165) is 16.6 Å². The lowest BCUT2D eigenvalue weighted by molar-refractivity contribution is 1.28. The molecule has 1 nitrogen and oxygen atoms in total. The van der Waals surface area contributed by atoms with Crippen molar-refractivity contribution in [1.82, 2.24) is 0 Å². The van der Waals surface area contributed by atoms with Crippen molar-refractivity contribution in [2.75, 3.05) is 4.90 Å². The number of nitrogens with zero attached hydrogens (tertiary/aromatic N) is 1. The van der Waals surface area contributed by atoms with Crippen molar-refractivity contribution in [3.8, 4) is 0 Å². The fourth-order valence-electron chi connectivity index (χ4n) is 3.95. The van der Waals surface area contributed by atoms with Gasteiger partial charge in [-0.3, -0.25) is 0 Å². The van der Waals surface area contributed by atoms with E-state index in [-0.39, 0.29) is 0 Å². The van der Waals surface area contributed by atoms with Gasteiger partial charge in [-0.15, -0.1) is 29.1 Å². The molecule has 1 aliphatic carbocycles. The first kappa shape index (κ1) is 15.7. The van der Waals surface area contributed by atoms with Crippen LogP contribution in [0.1, 0.15) is 5.56 Å². The summed E-state index contributed by atoms with van der Waals surface area (Å²) in [6, 6.07) is 29.6. The van der Waals surface area contributed by atoms with Gasteiger partial charge in [-0.2, -0.15) is 10.8 Å². The molecule has 0 radical (unpaired) electrons. The monoisotopic (exact) mass is 345 g/mol. The molecule has 0 saturated heterocycles. The third kappa shape index (κ3) is 2.48. The van der Waals surface area contributed by atoms with E-state index < -0.39 is 0 Å². The zero-order valence-electron chi connectivity index (χ0n) is 15.0. The Bertz CT molecular complexity index is 1200. The summed E-state index contributed by atoms with van der Waals surface area (Å²) in [6.45, 7) is 4.36. The van der Waals surface area contributed by atoms with Gasteiger partial charge >= 0.3 is 0 Å². The maximum atomic E-state index is 4.36. The minimum atomic E-state index is 1.10. The van der Waals surface area contributed by atoms with E-state index in [2.05, 4.69) is 115 Å². The first-order chi connectivity index (χ1) is 13.3. The highest BCUT2D eigenvalue weighted by Gasteiger charge is 2.12. The summed E-state index contributed by atoms with van der Waals surface area (Å²) in [6.07, 6.45) is 6.51. The molecular weight excluding hydrogens is 326 g/mol. The van der Waals surface area contributed by atoms with Crippen LogP contribution in [0.25, 0.3) is 29.1 Å². The number of hydrogen-bond donors (Lipinski definition) is 0. The maximum Gasteiger partial charge on any atom is 0.0334 e. The lowest BCUT2D eigenvalue weighted by atomic mass is 10.0. The minimum absolute atomic E-state index is 1.10. The molecule has 1 aliphatic rings. The Labute approximate surface area is 159 Å². The standard InChI is InChI=1S/C26H19N/c1-19-22-15-8-9-16-24(22)26-23(19)17-10-18-25(26)27(20-11-4-2-5-12-20)21-13-6-3-7-14-21/h2-18H,1H2/q-2. The summed E-state index contributed by atoms with van der Waals surface area (Å²) < 4.78 is 0. The maximum absolute atomic E-state index is 4.36. The lowest BCUT2D eigenvalue weighted by Gasteiger charge is -2.38. The van der Waals surface area contributed by atoms with E-state index in [1.165, 1.54) is 27.3 Å². The number of para-hydroxylation sites is 2. The van der Waals surface area contributed by atoms with Crippen LogP contribution in [0.4, 0.5) is 11.4 Å². The van der Waals surface area contributed by atoms with Crippen molar-refractivity contribution < 1.29 is 0 Å². The van der Waals surface area contributed by atoms with Gasteiger partial charge in [-0.25, -0.2) is 23.8 Å². The van der Waals surface area contributed by atoms with Crippen LogP contribution in [0.5, 0.6) is 0 Å². The number of allylic oxidation sites excluding steroid dienone is 1. The SMILES string of the molecule is C=c1c2[c-](c3ccccc13)C(N(c1ccccc1)c1ccccc1)=C[CH-]C=2. The first-order valence-corrected chi connectivity index (χ1v) is 9.17. The van der Waals surface area contributed by atoms with Gasteiger partial charge < -0.3 is 4.90 Å². The van der Waals surface area contributed by atoms with E-state index in [0.29, 0.717) is 0 Å². The molecule has 0 saturated carbocycles. The van der Waals surface area contributed by atoms with Gasteiger partial charge in [0.1, 0.15) is 0 Å². The van der Waals surface area contributed by atoms with Gasteiger partial charge in [0.05, 0.1) is 0 Å². The highest BCUT2D eigenvalue weighted by atomic mass is 15.1. The predicted molar refractivity (Wildman–Crippen MR) is 116 cm³/mol. The van der Waals surface area contributed by atoms with Gasteiger partial charge in [-0.05, 0) is 24.3 Å². The predicted octanol–water partition coefficient (Wildman–Crippen LogP) is 5.15. The average Bonchev–Trinajstić information content (AvgIpc) is 3.03. The molecule has 0 heterocycles. The molecule has 0 aliphatic heterocycles. The molecule has 0 spiro atoms. The molecule has 0 amide bonds. The molecule has 4 aromatic carbocycles. The fraction of sp³-hybridized carbons (Fsp3) is 0. The highest BCUT2D eigenvalue weighted by Crippen LogP contribution is 2.36. The van der Waals surface area contributed by atoms with Gasteiger partial charge in [0.2, 0.25) is 0 Å². The van der Waals surface area contributed by atoms with Crippen molar-refractivity contribution in [2.24, 2.45) is 0 Å². The van der Waals surface area contributed by atoms with E-state index in [1.54, 1.807) is 0 Å². The quantitative estimate of drug-likeness (QED) is 0.464. The largest absolute Gasteiger partial charge is 0.377 e. The molecule has 4 aromatic rings. The van der Waals surface area contributed by atoms with Crippen LogP contribution in [0.2, 0.25) is 0 Å². The fourth-order valence-corrected chi connectivity index (χ4v) is 3.95. The van der Waals surface area contributed by atoms with Gasteiger partial charge in [0.25, 0.3) is 0 Å². The smallest absolute Gasteiger partial charge is 0.0334 e. The van der Waals surface area contributed by atoms with E-state index >= 15 is 0 Å². The number of fused-ring (bicyclic) bond motifs is 3. The van der Waals surface area contributed by atoms with Crippen LogP contribution in [0.15, 0.2) is 91.0 Å². The molecule has 130 valence electrons. The molecule has 5 rings (SSSR count). The molecule has 0 atom stereocenters. The van der Waals surface area contributed by atoms with E-state index in [4.69, 9.17) is 0 Å². The Hall–Kier alpha value is -3.58. The van der Waals surface area contributed by atoms with E-state index in [9.17, 15) is 0 Å². The summed E-state index contributed by atoms with van der Waals surface area (Å²) in [5.74, 6) is 0. The van der Waals surface area contributed by atoms with Crippen molar-refractivity contribution in [2.45, 2.75) is 0 Å². The van der Waals surface area contributed by atoms with Crippen molar-refractivity contribution in [3.05, 3.63) is 113 Å². The first-order valence-electron chi connectivity index (χ1n) is 9.17. The van der Waals surface area contributed by atoms with Crippen molar-refractivity contribution in [3.63, 3.8) is 0 Å². The number of benzene rings is 3. The normalized spacial score (nSPS) is 12.7. The van der Waals surface area contributed by atoms with Gasteiger partial charge in [0, 0.05) is 11.4 Å². The van der Waals surface area contributed by atoms with Crippen LogP contribution in [-0.2, 0) is 0 Å². The molecule has 1 heteroatoms. The van der Waals surface area contributed by atoms with Crippen LogP contribution >= 0.6 is 0 Å². The zero-order chi connectivity index (χ0) is 18.2. The third-order valence-electron chi connectivity index (χ3n) is 5.16. The minimum Gasteiger partial charge on any atom is -0.377 e. The van der Waals surface area contributed by atoms with Crippen molar-refractivity contribution in [1.29, 1.82) is 0 Å². The van der Waals surface area contributed by atoms with Crippen LogP contribution < -0.4 is 15.3 Å². The summed E-state index contributed by atoms with van der Waals surface area (Å²) in [7, 11) is 0. The summed E-state index contributed by atoms with van der Waals surface area (Å²) in [5, 5.41) is 4.79. The van der Waals surface area contributed by atoms with Gasteiger partial charge in [-0.1, -0.05) is 54.6 Å². The van der Waals surface area contributed by atoms with Crippen LogP contribution in [0, 0.1) is 6.42 Å². The van der Waals surface area contributed by atoms with Crippen LogP contribution in [0.3, 0.4) is 0 Å². The molecule has 0 aromatic heterocycles. The molecule has 0 N–H and O–H groups in total. The van der Waals surface area contributed by atoms with Gasteiger partial charge in [0.15, 0.2) is 0 Å². The lowest BCUT2D eigenvalue weighted by Crippen LogP contribution is -2.27. The molecule has 0 unspecified atom stereocenters. The average molecular weight is 345 g/mol. The van der Waals surface area contributed by atoms with E-state index in [1.807, 2.05) is 0 Å². The Balaban J connectivity index is 1.81. The molecular formula is C26H19N-2. The number of anilines is 2. The molecule has 27 heavy (non-hydrogen) atoms. The highest BCUT2D eigenvalue weighted by molar-refractivity contribution is 6.03. The second kappa shape index (κ2) is 6.30. The molecule has 0 bridgehead atoms. The third-order valence-corrected chi connectivity index (χ3v) is 5.16. The Morgan fingerprint density at radius 2 is 1.30 bits per heavy atom. The summed E-state index contributed by atoms with van der Waals surface area (Å²) in [4.78, 5) is 2.33. The summed E-state index contributed by atoms with van der Waals surface area (Å²) in [5.41, 5.74) is 4.72. The Kier molecular flexibility index (Phi) is 3.65. The zero-order valence-corrected chi connectivity index (χ0v) is 15.0. The second-order valence-corrected chi connectivity index (χ2v) is 6.73. The Morgan fingerprint density at radius 1 is 0.704 bits per heavy atom. The van der Waals surface area contributed by atoms with Crippen LogP contribution in [-0.4, -0.2) is 0 Å². The number of hydrogen-bond acceptors (Lipinski definition) is 1. The van der Waals surface area contributed by atoms with Crippen molar-refractivity contribution >= 4 is 40.5 Å². The topological polar surface area (TPSA) is 3.24 Å². The number of rotatable bonds is 3. The second-order valence-electron chi connectivity index (χ2n) is 6.73. The summed E-state index contributed by atoms with van der Waals surface area (Å²) >= 11 is 0. The Morgan fingerprint density at radius 3 is 1.96 bits per heavy atom.